The Morgan fingerprint density at radius 1 is 1.07 bits per heavy atom. The van der Waals surface area contributed by atoms with Gasteiger partial charge in [0.1, 0.15) is 4.99 Å². The minimum atomic E-state index is 0.201. The molecule has 30 heavy (non-hydrogen) atoms. The van der Waals surface area contributed by atoms with Crippen molar-refractivity contribution >= 4 is 46.5 Å². The van der Waals surface area contributed by atoms with Gasteiger partial charge in [0, 0.05) is 34.0 Å². The van der Waals surface area contributed by atoms with Gasteiger partial charge in [0.15, 0.2) is 0 Å². The van der Waals surface area contributed by atoms with Crippen LogP contribution in [0.1, 0.15) is 46.4 Å². The Morgan fingerprint density at radius 3 is 2.43 bits per heavy atom. The highest BCUT2D eigenvalue weighted by Crippen LogP contribution is 2.26. The van der Waals surface area contributed by atoms with Crippen LogP contribution < -0.4 is 5.32 Å². The van der Waals surface area contributed by atoms with E-state index in [0.717, 1.165) is 38.5 Å². The quantitative estimate of drug-likeness (QED) is 0.395. The van der Waals surface area contributed by atoms with Gasteiger partial charge in [0.2, 0.25) is 0 Å². The molecule has 0 saturated heterocycles. The van der Waals surface area contributed by atoms with Gasteiger partial charge in [-0.15, -0.1) is 0 Å². The number of aromatic nitrogens is 1. The standard InChI is InChI=1S/C25H24Cl2N2S/c1-16(21-11-22(26)13-23(27)12-21)4-6-19-8-9-24(17(2)10-19)25(30)29-15-20-7-5-18(3)28-14-20/h4-14,16H,15H2,1-3H3,(H,29,30)/b6-4+. The van der Waals surface area contributed by atoms with Gasteiger partial charge < -0.3 is 5.32 Å². The molecule has 3 aromatic rings. The zero-order chi connectivity index (χ0) is 21.7. The molecule has 0 spiro atoms. The van der Waals surface area contributed by atoms with Crippen molar-refractivity contribution in [3.63, 3.8) is 0 Å². The average Bonchev–Trinajstić information content (AvgIpc) is 2.70. The maximum Gasteiger partial charge on any atom is 0.107 e. The Hall–Kier alpha value is -2.20. The van der Waals surface area contributed by atoms with E-state index in [-0.39, 0.29) is 5.92 Å². The van der Waals surface area contributed by atoms with Crippen molar-refractivity contribution in [3.05, 3.63) is 104 Å². The zero-order valence-corrected chi connectivity index (χ0v) is 19.6. The van der Waals surface area contributed by atoms with E-state index in [1.165, 1.54) is 0 Å². The highest BCUT2D eigenvalue weighted by Gasteiger charge is 2.07. The van der Waals surface area contributed by atoms with E-state index in [9.17, 15) is 0 Å². The first-order valence-corrected chi connectivity index (χ1v) is 10.9. The number of aryl methyl sites for hydroxylation is 2. The summed E-state index contributed by atoms with van der Waals surface area (Å²) in [4.78, 5) is 5.06. The van der Waals surface area contributed by atoms with Crippen LogP contribution >= 0.6 is 35.4 Å². The van der Waals surface area contributed by atoms with Gasteiger partial charge in [0.05, 0.1) is 0 Å². The molecule has 0 aliphatic carbocycles. The summed E-state index contributed by atoms with van der Waals surface area (Å²) in [5.74, 6) is 0.201. The van der Waals surface area contributed by atoms with Crippen LogP contribution in [0.15, 0.2) is 60.8 Å². The lowest BCUT2D eigenvalue weighted by Crippen LogP contribution is -2.22. The van der Waals surface area contributed by atoms with Gasteiger partial charge >= 0.3 is 0 Å². The molecule has 1 N–H and O–H groups in total. The summed E-state index contributed by atoms with van der Waals surface area (Å²) in [6, 6.07) is 16.0. The lowest BCUT2D eigenvalue weighted by Gasteiger charge is -2.12. The number of halogens is 2. The normalized spacial score (nSPS) is 12.2. The summed E-state index contributed by atoms with van der Waals surface area (Å²) in [7, 11) is 0. The number of nitrogens with zero attached hydrogens (tertiary/aromatic N) is 1. The molecule has 1 aromatic heterocycles. The third-order valence-corrected chi connectivity index (χ3v) is 5.71. The highest BCUT2D eigenvalue weighted by atomic mass is 35.5. The topological polar surface area (TPSA) is 24.9 Å². The van der Waals surface area contributed by atoms with Crippen molar-refractivity contribution in [2.24, 2.45) is 0 Å². The summed E-state index contributed by atoms with van der Waals surface area (Å²) in [6.45, 7) is 6.84. The van der Waals surface area contributed by atoms with E-state index in [4.69, 9.17) is 35.4 Å². The van der Waals surface area contributed by atoms with Crippen LogP contribution in [0.25, 0.3) is 6.08 Å². The molecule has 0 aliphatic heterocycles. The summed E-state index contributed by atoms with van der Waals surface area (Å²) < 4.78 is 0. The molecule has 3 rings (SSSR count). The highest BCUT2D eigenvalue weighted by molar-refractivity contribution is 7.80. The fraction of sp³-hybridized carbons (Fsp3) is 0.200. The lowest BCUT2D eigenvalue weighted by atomic mass is 9.98. The van der Waals surface area contributed by atoms with E-state index in [0.29, 0.717) is 16.6 Å². The molecule has 2 aromatic carbocycles. The number of pyridine rings is 1. The van der Waals surface area contributed by atoms with Crippen LogP contribution in [-0.2, 0) is 6.54 Å². The molecular weight excluding hydrogens is 431 g/mol. The van der Waals surface area contributed by atoms with E-state index in [2.05, 4.69) is 60.6 Å². The van der Waals surface area contributed by atoms with Crippen LogP contribution in [0.2, 0.25) is 10.0 Å². The van der Waals surface area contributed by atoms with Gasteiger partial charge in [-0.2, -0.15) is 0 Å². The molecule has 0 fully saturated rings. The first-order chi connectivity index (χ1) is 14.3. The molecule has 1 unspecified atom stereocenters. The van der Waals surface area contributed by atoms with Crippen molar-refractivity contribution in [1.29, 1.82) is 0 Å². The van der Waals surface area contributed by atoms with Gasteiger partial charge in [-0.25, -0.2) is 0 Å². The molecule has 0 radical (unpaired) electrons. The molecule has 0 bridgehead atoms. The molecular formula is C25H24Cl2N2S. The number of thiocarbonyl (C=S) groups is 1. The zero-order valence-electron chi connectivity index (χ0n) is 17.2. The number of hydrogen-bond donors (Lipinski definition) is 1. The van der Waals surface area contributed by atoms with Gasteiger partial charge in [-0.1, -0.05) is 78.8 Å². The second kappa shape index (κ2) is 10.2. The van der Waals surface area contributed by atoms with Crippen LogP contribution in [-0.4, -0.2) is 9.97 Å². The van der Waals surface area contributed by atoms with Crippen LogP contribution in [0.3, 0.4) is 0 Å². The van der Waals surface area contributed by atoms with Crippen LogP contribution in [0.4, 0.5) is 0 Å². The first-order valence-electron chi connectivity index (χ1n) is 9.76. The fourth-order valence-electron chi connectivity index (χ4n) is 3.13. The van der Waals surface area contributed by atoms with E-state index >= 15 is 0 Å². The molecule has 0 saturated carbocycles. The molecule has 0 aliphatic rings. The Balaban J connectivity index is 1.66. The minimum absolute atomic E-state index is 0.201. The number of hydrogen-bond acceptors (Lipinski definition) is 2. The van der Waals surface area contributed by atoms with Crippen molar-refractivity contribution in [2.75, 3.05) is 0 Å². The average molecular weight is 455 g/mol. The third kappa shape index (κ3) is 6.15. The summed E-state index contributed by atoms with van der Waals surface area (Å²) >= 11 is 17.8. The summed E-state index contributed by atoms with van der Waals surface area (Å²) in [5.41, 5.74) is 6.51. The lowest BCUT2D eigenvalue weighted by molar-refractivity contribution is 0.914. The van der Waals surface area contributed by atoms with Crippen molar-refractivity contribution < 1.29 is 0 Å². The van der Waals surface area contributed by atoms with E-state index < -0.39 is 0 Å². The maximum atomic E-state index is 6.12. The van der Waals surface area contributed by atoms with Crippen molar-refractivity contribution in [1.82, 2.24) is 10.3 Å². The van der Waals surface area contributed by atoms with Crippen molar-refractivity contribution in [2.45, 2.75) is 33.2 Å². The maximum absolute atomic E-state index is 6.12. The number of rotatable bonds is 6. The predicted molar refractivity (Wildman–Crippen MR) is 133 cm³/mol. The van der Waals surface area contributed by atoms with E-state index in [1.807, 2.05) is 31.3 Å². The first kappa shape index (κ1) is 22.5. The predicted octanol–water partition coefficient (Wildman–Crippen LogP) is 7.29. The Kier molecular flexibility index (Phi) is 7.65. The fourth-order valence-corrected chi connectivity index (χ4v) is 3.97. The summed E-state index contributed by atoms with van der Waals surface area (Å²) in [5, 5.41) is 4.63. The Labute approximate surface area is 194 Å². The van der Waals surface area contributed by atoms with Crippen molar-refractivity contribution in [3.8, 4) is 0 Å². The van der Waals surface area contributed by atoms with E-state index in [1.54, 1.807) is 6.07 Å². The van der Waals surface area contributed by atoms with Gasteiger partial charge in [-0.3, -0.25) is 4.98 Å². The molecule has 0 amide bonds. The molecule has 154 valence electrons. The van der Waals surface area contributed by atoms with Gasteiger partial charge in [0.25, 0.3) is 0 Å². The monoisotopic (exact) mass is 454 g/mol. The second-order valence-electron chi connectivity index (χ2n) is 7.42. The molecule has 1 atom stereocenters. The third-order valence-electron chi connectivity index (χ3n) is 4.91. The molecule has 2 nitrogen and oxygen atoms in total. The second-order valence-corrected chi connectivity index (χ2v) is 8.70. The van der Waals surface area contributed by atoms with Gasteiger partial charge in [-0.05, 0) is 66.3 Å². The smallest absolute Gasteiger partial charge is 0.107 e. The summed E-state index contributed by atoms with van der Waals surface area (Å²) in [6.07, 6.45) is 6.14. The van der Waals surface area contributed by atoms with Crippen LogP contribution in [0.5, 0.6) is 0 Å². The van der Waals surface area contributed by atoms with Crippen LogP contribution in [0, 0.1) is 13.8 Å². The minimum Gasteiger partial charge on any atom is -0.372 e. The Morgan fingerprint density at radius 2 is 1.80 bits per heavy atom. The molecule has 5 heteroatoms. The number of benzene rings is 2. The largest absolute Gasteiger partial charge is 0.372 e. The number of allylic oxidation sites excluding steroid dienone is 1. The molecule has 1 heterocycles. The Bertz CT molecular complexity index is 1050. The number of nitrogens with one attached hydrogen (secondary N) is 1. The SMILES string of the molecule is Cc1ccc(CNC(=S)c2ccc(/C=C/C(C)c3cc(Cl)cc(Cl)c3)cc2C)cn1.